The average Bonchev–Trinajstić information content (AvgIpc) is 2.70. The van der Waals surface area contributed by atoms with Gasteiger partial charge >= 0.3 is 0 Å². The van der Waals surface area contributed by atoms with Crippen LogP contribution < -0.4 is 5.32 Å². The van der Waals surface area contributed by atoms with Crippen LogP contribution in [0, 0.1) is 6.92 Å². The first-order valence-corrected chi connectivity index (χ1v) is 6.06. The van der Waals surface area contributed by atoms with E-state index in [-0.39, 0.29) is 12.5 Å². The van der Waals surface area contributed by atoms with Gasteiger partial charge in [-0.1, -0.05) is 29.3 Å². The molecule has 1 amide bonds. The second-order valence-electron chi connectivity index (χ2n) is 3.78. The van der Waals surface area contributed by atoms with Gasteiger partial charge in [-0.15, -0.1) is 0 Å². The minimum absolute atomic E-state index is 0.125. The van der Waals surface area contributed by atoms with Crippen LogP contribution in [0.1, 0.15) is 5.69 Å². The van der Waals surface area contributed by atoms with Crippen LogP contribution in [-0.4, -0.2) is 15.7 Å². The molecule has 0 saturated carbocycles. The SMILES string of the molecule is Cc1ccnn1CC(=O)Nc1c(Cl)cccc1Cl. The lowest BCUT2D eigenvalue weighted by Gasteiger charge is -2.09. The van der Waals surface area contributed by atoms with Crippen molar-refractivity contribution in [2.45, 2.75) is 13.5 Å². The third-order valence-electron chi connectivity index (χ3n) is 2.45. The normalized spacial score (nSPS) is 10.4. The first kappa shape index (κ1) is 12.9. The number of aryl methyl sites for hydroxylation is 1. The number of amides is 1. The molecule has 6 heteroatoms. The van der Waals surface area contributed by atoms with Gasteiger partial charge in [0.2, 0.25) is 5.91 Å². The highest BCUT2D eigenvalue weighted by Crippen LogP contribution is 2.29. The third-order valence-corrected chi connectivity index (χ3v) is 3.08. The molecule has 94 valence electrons. The van der Waals surface area contributed by atoms with Crippen LogP contribution in [0.4, 0.5) is 5.69 Å². The molecule has 0 spiro atoms. The van der Waals surface area contributed by atoms with Gasteiger partial charge in [-0.05, 0) is 25.1 Å². The largest absolute Gasteiger partial charge is 0.322 e. The number of aromatic nitrogens is 2. The molecule has 1 N–H and O–H groups in total. The Labute approximate surface area is 115 Å². The number of rotatable bonds is 3. The summed E-state index contributed by atoms with van der Waals surface area (Å²) in [6.45, 7) is 2.00. The molecule has 0 saturated heterocycles. The summed E-state index contributed by atoms with van der Waals surface area (Å²) in [7, 11) is 0. The molecule has 2 rings (SSSR count). The number of carbonyl (C=O) groups excluding carboxylic acids is 1. The molecule has 0 aliphatic heterocycles. The number of nitrogens with one attached hydrogen (secondary N) is 1. The van der Waals surface area contributed by atoms with E-state index >= 15 is 0 Å². The molecule has 2 aromatic rings. The van der Waals surface area contributed by atoms with E-state index in [0.29, 0.717) is 15.7 Å². The molecule has 4 nitrogen and oxygen atoms in total. The van der Waals surface area contributed by atoms with Crippen molar-refractivity contribution in [1.82, 2.24) is 9.78 Å². The summed E-state index contributed by atoms with van der Waals surface area (Å²) in [5.41, 5.74) is 1.34. The van der Waals surface area contributed by atoms with Crippen molar-refractivity contribution in [3.63, 3.8) is 0 Å². The van der Waals surface area contributed by atoms with E-state index in [0.717, 1.165) is 5.69 Å². The zero-order valence-electron chi connectivity index (χ0n) is 9.65. The van der Waals surface area contributed by atoms with Gasteiger partial charge in [0.15, 0.2) is 0 Å². The van der Waals surface area contributed by atoms with Crippen LogP contribution in [0.15, 0.2) is 30.5 Å². The maximum absolute atomic E-state index is 11.8. The summed E-state index contributed by atoms with van der Waals surface area (Å²) in [5.74, 6) is -0.225. The third kappa shape index (κ3) is 2.83. The first-order chi connectivity index (χ1) is 8.58. The lowest BCUT2D eigenvalue weighted by molar-refractivity contribution is -0.116. The van der Waals surface area contributed by atoms with Crippen LogP contribution >= 0.6 is 23.2 Å². The smallest absolute Gasteiger partial charge is 0.246 e. The number of hydrogen-bond acceptors (Lipinski definition) is 2. The van der Waals surface area contributed by atoms with E-state index in [1.807, 2.05) is 13.0 Å². The van der Waals surface area contributed by atoms with Gasteiger partial charge in [-0.3, -0.25) is 9.48 Å². The summed E-state index contributed by atoms with van der Waals surface area (Å²) in [5, 5.41) is 7.53. The Bertz CT molecular complexity index is 560. The molecule has 18 heavy (non-hydrogen) atoms. The predicted molar refractivity (Wildman–Crippen MR) is 72.1 cm³/mol. The topological polar surface area (TPSA) is 46.9 Å². The van der Waals surface area contributed by atoms with Crippen molar-refractivity contribution in [3.05, 3.63) is 46.2 Å². The molecule has 0 aliphatic carbocycles. The standard InChI is InChI=1S/C12H11Cl2N3O/c1-8-5-6-15-17(8)7-11(18)16-12-9(13)3-2-4-10(12)14/h2-6H,7H2,1H3,(H,16,18). The summed E-state index contributed by atoms with van der Waals surface area (Å²) < 4.78 is 1.60. The van der Waals surface area contributed by atoms with Gasteiger partial charge in [0.25, 0.3) is 0 Å². The van der Waals surface area contributed by atoms with Gasteiger partial charge in [-0.25, -0.2) is 0 Å². The number of carbonyl (C=O) groups is 1. The highest BCUT2D eigenvalue weighted by Gasteiger charge is 2.10. The van der Waals surface area contributed by atoms with Crippen molar-refractivity contribution in [3.8, 4) is 0 Å². The molecule has 1 aromatic heterocycles. The molecular weight excluding hydrogens is 273 g/mol. The zero-order valence-corrected chi connectivity index (χ0v) is 11.2. The maximum atomic E-state index is 11.8. The molecule has 0 bridgehead atoms. The van der Waals surface area contributed by atoms with E-state index in [1.54, 1.807) is 29.1 Å². The van der Waals surface area contributed by atoms with E-state index in [4.69, 9.17) is 23.2 Å². The predicted octanol–water partition coefficient (Wildman–Crippen LogP) is 3.14. The number of benzene rings is 1. The molecule has 0 atom stereocenters. The maximum Gasteiger partial charge on any atom is 0.246 e. The van der Waals surface area contributed by atoms with Gasteiger partial charge in [0.1, 0.15) is 6.54 Å². The molecule has 1 heterocycles. The first-order valence-electron chi connectivity index (χ1n) is 5.30. The quantitative estimate of drug-likeness (QED) is 0.941. The second-order valence-corrected chi connectivity index (χ2v) is 4.59. The molecule has 1 aromatic carbocycles. The lowest BCUT2D eigenvalue weighted by atomic mass is 10.3. The number of halogens is 2. The fourth-order valence-corrected chi connectivity index (χ4v) is 1.99. The molecule has 0 aliphatic rings. The number of anilines is 1. The summed E-state index contributed by atoms with van der Waals surface area (Å²) in [6, 6.07) is 6.89. The second kappa shape index (κ2) is 5.42. The van der Waals surface area contributed by atoms with Crippen molar-refractivity contribution in [2.24, 2.45) is 0 Å². The Kier molecular flexibility index (Phi) is 3.89. The Morgan fingerprint density at radius 3 is 2.56 bits per heavy atom. The Hall–Kier alpha value is -1.52. The Balaban J connectivity index is 2.10. The lowest BCUT2D eigenvalue weighted by Crippen LogP contribution is -2.20. The van der Waals surface area contributed by atoms with Crippen molar-refractivity contribution >= 4 is 34.8 Å². The van der Waals surface area contributed by atoms with Crippen LogP contribution in [-0.2, 0) is 11.3 Å². The van der Waals surface area contributed by atoms with E-state index in [9.17, 15) is 4.79 Å². The Morgan fingerprint density at radius 1 is 1.33 bits per heavy atom. The van der Waals surface area contributed by atoms with Crippen LogP contribution in [0.2, 0.25) is 10.0 Å². The van der Waals surface area contributed by atoms with Crippen LogP contribution in [0.5, 0.6) is 0 Å². The monoisotopic (exact) mass is 283 g/mol. The summed E-state index contributed by atoms with van der Waals surface area (Å²) in [6.07, 6.45) is 1.64. The minimum atomic E-state index is -0.225. The van der Waals surface area contributed by atoms with Crippen molar-refractivity contribution in [2.75, 3.05) is 5.32 Å². The number of hydrogen-bond donors (Lipinski definition) is 1. The highest BCUT2D eigenvalue weighted by atomic mass is 35.5. The molecular formula is C12H11Cl2N3O. The van der Waals surface area contributed by atoms with E-state index < -0.39 is 0 Å². The fourth-order valence-electron chi connectivity index (χ4n) is 1.50. The minimum Gasteiger partial charge on any atom is -0.322 e. The van der Waals surface area contributed by atoms with Gasteiger partial charge in [0, 0.05) is 11.9 Å². The van der Waals surface area contributed by atoms with E-state index in [1.165, 1.54) is 0 Å². The van der Waals surface area contributed by atoms with E-state index in [2.05, 4.69) is 10.4 Å². The highest BCUT2D eigenvalue weighted by molar-refractivity contribution is 6.39. The molecule has 0 unspecified atom stereocenters. The van der Waals surface area contributed by atoms with Crippen molar-refractivity contribution in [1.29, 1.82) is 0 Å². The number of nitrogens with zero attached hydrogens (tertiary/aromatic N) is 2. The zero-order chi connectivity index (χ0) is 13.1. The molecule has 0 radical (unpaired) electrons. The molecule has 0 fully saturated rings. The number of para-hydroxylation sites is 1. The van der Waals surface area contributed by atoms with Gasteiger partial charge in [-0.2, -0.15) is 5.10 Å². The van der Waals surface area contributed by atoms with Crippen molar-refractivity contribution < 1.29 is 4.79 Å². The van der Waals surface area contributed by atoms with Crippen LogP contribution in [0.3, 0.4) is 0 Å². The Morgan fingerprint density at radius 2 is 2.00 bits per heavy atom. The summed E-state index contributed by atoms with van der Waals surface area (Å²) >= 11 is 11.9. The van der Waals surface area contributed by atoms with Gasteiger partial charge in [0.05, 0.1) is 15.7 Å². The van der Waals surface area contributed by atoms with Gasteiger partial charge < -0.3 is 5.32 Å². The van der Waals surface area contributed by atoms with Crippen LogP contribution in [0.25, 0.3) is 0 Å². The average molecular weight is 284 g/mol. The summed E-state index contributed by atoms with van der Waals surface area (Å²) in [4.78, 5) is 11.8. The fraction of sp³-hybridized carbons (Fsp3) is 0.167.